The summed E-state index contributed by atoms with van der Waals surface area (Å²) in [7, 11) is 0. The minimum Gasteiger partial charge on any atom is -0.485 e. The van der Waals surface area contributed by atoms with E-state index in [0.717, 1.165) is 16.9 Å². The van der Waals surface area contributed by atoms with Crippen LogP contribution in [0.4, 0.5) is 0 Å². The summed E-state index contributed by atoms with van der Waals surface area (Å²) in [5.74, 6) is 1.22. The van der Waals surface area contributed by atoms with Crippen molar-refractivity contribution in [1.82, 2.24) is 0 Å². The summed E-state index contributed by atoms with van der Waals surface area (Å²) in [5, 5.41) is 9.44. The zero-order valence-electron chi connectivity index (χ0n) is 16.7. The summed E-state index contributed by atoms with van der Waals surface area (Å²) < 4.78 is 6.01. The predicted octanol–water partition coefficient (Wildman–Crippen LogP) is 5.99. The molecule has 0 heterocycles. The van der Waals surface area contributed by atoms with E-state index < -0.39 is 5.60 Å². The fraction of sp³-hybridized carbons (Fsp3) is 0.391. The van der Waals surface area contributed by atoms with Gasteiger partial charge in [0.1, 0.15) is 11.4 Å². The minimum absolute atomic E-state index is 0.0135. The highest BCUT2D eigenvalue weighted by atomic mass is 32.2. The third kappa shape index (κ3) is 5.39. The second kappa shape index (κ2) is 8.79. The molecular formula is C23H30O2S. The molecule has 2 aromatic rings. The van der Waals surface area contributed by atoms with Crippen molar-refractivity contribution in [3.8, 4) is 5.75 Å². The van der Waals surface area contributed by atoms with Gasteiger partial charge in [0.2, 0.25) is 0 Å². The number of aryl methyl sites for hydroxylation is 2. The van der Waals surface area contributed by atoms with E-state index in [1.54, 1.807) is 11.8 Å². The first-order valence-corrected chi connectivity index (χ1v) is 10.2. The number of ether oxygens (including phenoxy) is 1. The lowest BCUT2D eigenvalue weighted by Crippen LogP contribution is -2.33. The normalized spacial score (nSPS) is 13.2. The van der Waals surface area contributed by atoms with Crippen molar-refractivity contribution in [1.29, 1.82) is 0 Å². The van der Waals surface area contributed by atoms with Crippen LogP contribution in [0, 0.1) is 13.8 Å². The Labute approximate surface area is 162 Å². The topological polar surface area (TPSA) is 29.5 Å². The maximum Gasteiger partial charge on any atom is 0.126 e. The van der Waals surface area contributed by atoms with Gasteiger partial charge < -0.3 is 9.84 Å². The van der Waals surface area contributed by atoms with Gasteiger partial charge in [0.15, 0.2) is 0 Å². The van der Waals surface area contributed by atoms with E-state index in [0.29, 0.717) is 5.92 Å². The van der Waals surface area contributed by atoms with Gasteiger partial charge in [-0.3, -0.25) is 0 Å². The molecule has 3 heteroatoms. The third-order valence-electron chi connectivity index (χ3n) is 4.46. The molecule has 0 fully saturated rings. The number of allylic oxidation sites excluding steroid dienone is 1. The largest absolute Gasteiger partial charge is 0.485 e. The van der Waals surface area contributed by atoms with Crippen molar-refractivity contribution in [3.63, 3.8) is 0 Å². The zero-order chi connectivity index (χ0) is 19.3. The quantitative estimate of drug-likeness (QED) is 0.607. The summed E-state index contributed by atoms with van der Waals surface area (Å²) in [6, 6.07) is 13.0. The summed E-state index contributed by atoms with van der Waals surface area (Å²) in [6.45, 7) is 10.1. The van der Waals surface area contributed by atoms with Gasteiger partial charge in [-0.15, -0.1) is 11.8 Å². The lowest BCUT2D eigenvalue weighted by atomic mass is 9.98. The summed E-state index contributed by atoms with van der Waals surface area (Å²) in [4.78, 5) is 1.29. The van der Waals surface area contributed by atoms with Crippen molar-refractivity contribution < 1.29 is 9.84 Å². The molecule has 1 N–H and O–H groups in total. The Morgan fingerprint density at radius 3 is 2.19 bits per heavy atom. The highest BCUT2D eigenvalue weighted by Gasteiger charge is 2.20. The molecule has 1 atom stereocenters. The SMILES string of the molecule is CSc1ccc(C(C)/C=C\c2cc(C)c(OC(C)(C)CO)c(C)c2)cc1. The van der Waals surface area contributed by atoms with Gasteiger partial charge in [-0.25, -0.2) is 0 Å². The van der Waals surface area contributed by atoms with E-state index in [-0.39, 0.29) is 6.61 Å². The molecule has 0 aromatic heterocycles. The van der Waals surface area contributed by atoms with Crippen LogP contribution in [0.5, 0.6) is 5.75 Å². The van der Waals surface area contributed by atoms with Crippen LogP contribution >= 0.6 is 11.8 Å². The standard InChI is InChI=1S/C23H30O2S/c1-16(20-9-11-21(26-6)12-10-20)7-8-19-13-17(2)22(18(3)14-19)25-23(4,5)15-24/h7-14,16,24H,15H2,1-6H3/b8-7-. The molecule has 0 bridgehead atoms. The lowest BCUT2D eigenvalue weighted by Gasteiger charge is -2.26. The van der Waals surface area contributed by atoms with Gasteiger partial charge in [0, 0.05) is 4.90 Å². The number of hydrogen-bond acceptors (Lipinski definition) is 3. The fourth-order valence-electron chi connectivity index (χ4n) is 2.82. The molecule has 0 saturated heterocycles. The molecule has 2 nitrogen and oxygen atoms in total. The lowest BCUT2D eigenvalue weighted by molar-refractivity contribution is 0.0401. The van der Waals surface area contributed by atoms with Gasteiger partial charge in [-0.1, -0.05) is 31.2 Å². The number of benzene rings is 2. The highest BCUT2D eigenvalue weighted by Crippen LogP contribution is 2.29. The maximum atomic E-state index is 9.44. The molecule has 2 aromatic carbocycles. The molecule has 0 amide bonds. The first-order valence-electron chi connectivity index (χ1n) is 8.99. The monoisotopic (exact) mass is 370 g/mol. The molecule has 26 heavy (non-hydrogen) atoms. The Morgan fingerprint density at radius 2 is 1.69 bits per heavy atom. The summed E-state index contributed by atoms with van der Waals surface area (Å²) >= 11 is 1.76. The van der Waals surface area contributed by atoms with Crippen LogP contribution in [0.15, 0.2) is 47.4 Å². The van der Waals surface area contributed by atoms with Crippen LogP contribution in [-0.2, 0) is 0 Å². The number of rotatable bonds is 7. The van der Waals surface area contributed by atoms with Gasteiger partial charge in [-0.2, -0.15) is 0 Å². The van der Waals surface area contributed by atoms with E-state index in [1.165, 1.54) is 16.0 Å². The first-order chi connectivity index (χ1) is 12.3. The Kier molecular flexibility index (Phi) is 6.96. The second-order valence-corrected chi connectivity index (χ2v) is 8.30. The molecule has 0 saturated carbocycles. The average molecular weight is 371 g/mol. The molecular weight excluding hydrogens is 340 g/mol. The third-order valence-corrected chi connectivity index (χ3v) is 5.20. The van der Waals surface area contributed by atoms with Crippen LogP contribution < -0.4 is 4.74 Å². The van der Waals surface area contributed by atoms with E-state index in [2.05, 4.69) is 75.6 Å². The first kappa shape index (κ1) is 20.6. The Balaban J connectivity index is 2.17. The molecule has 0 aliphatic carbocycles. The van der Waals surface area contributed by atoms with E-state index in [4.69, 9.17) is 4.74 Å². The molecule has 140 valence electrons. The van der Waals surface area contributed by atoms with Gasteiger partial charge in [0.05, 0.1) is 6.61 Å². The molecule has 1 unspecified atom stereocenters. The Morgan fingerprint density at radius 1 is 1.12 bits per heavy atom. The van der Waals surface area contributed by atoms with Crippen LogP contribution in [0.3, 0.4) is 0 Å². The van der Waals surface area contributed by atoms with E-state index in [9.17, 15) is 5.11 Å². The predicted molar refractivity (Wildman–Crippen MR) is 113 cm³/mol. The number of thioether (sulfide) groups is 1. The summed E-state index contributed by atoms with van der Waals surface area (Å²) in [5.41, 5.74) is 4.08. The van der Waals surface area contributed by atoms with E-state index in [1.807, 2.05) is 13.8 Å². The van der Waals surface area contributed by atoms with Gasteiger partial charge >= 0.3 is 0 Å². The Bertz CT molecular complexity index is 737. The van der Waals surface area contributed by atoms with Gasteiger partial charge in [-0.05, 0) is 86.4 Å². The molecule has 2 rings (SSSR count). The van der Waals surface area contributed by atoms with Crippen molar-refractivity contribution in [2.45, 2.75) is 51.0 Å². The molecule has 0 spiro atoms. The second-order valence-electron chi connectivity index (χ2n) is 7.42. The zero-order valence-corrected chi connectivity index (χ0v) is 17.5. The highest BCUT2D eigenvalue weighted by molar-refractivity contribution is 7.98. The van der Waals surface area contributed by atoms with Crippen molar-refractivity contribution in [2.24, 2.45) is 0 Å². The smallest absolute Gasteiger partial charge is 0.126 e. The minimum atomic E-state index is -0.579. The van der Waals surface area contributed by atoms with Gasteiger partial charge in [0.25, 0.3) is 0 Å². The number of hydrogen-bond donors (Lipinski definition) is 1. The van der Waals surface area contributed by atoms with E-state index >= 15 is 0 Å². The van der Waals surface area contributed by atoms with Crippen molar-refractivity contribution >= 4 is 17.8 Å². The summed E-state index contributed by atoms with van der Waals surface area (Å²) in [6.07, 6.45) is 6.51. The molecule has 0 aliphatic heterocycles. The maximum absolute atomic E-state index is 9.44. The van der Waals surface area contributed by atoms with Crippen molar-refractivity contribution in [3.05, 3.63) is 64.7 Å². The van der Waals surface area contributed by atoms with Crippen LogP contribution in [0.25, 0.3) is 6.08 Å². The molecule has 0 aliphatic rings. The average Bonchev–Trinajstić information content (AvgIpc) is 2.63. The van der Waals surface area contributed by atoms with Crippen LogP contribution in [0.1, 0.15) is 48.9 Å². The van der Waals surface area contributed by atoms with Crippen LogP contribution in [-0.4, -0.2) is 23.6 Å². The Hall–Kier alpha value is -1.71. The number of aliphatic hydroxyl groups is 1. The van der Waals surface area contributed by atoms with Crippen molar-refractivity contribution in [2.75, 3.05) is 12.9 Å². The molecule has 0 radical (unpaired) electrons. The fourth-order valence-corrected chi connectivity index (χ4v) is 3.23. The van der Waals surface area contributed by atoms with Crippen LogP contribution in [0.2, 0.25) is 0 Å². The number of aliphatic hydroxyl groups excluding tert-OH is 1.